The van der Waals surface area contributed by atoms with Crippen molar-refractivity contribution in [3.05, 3.63) is 42.5 Å². The third kappa shape index (κ3) is 4.61. The number of rotatable bonds is 5. The summed E-state index contributed by atoms with van der Waals surface area (Å²) < 4.78 is 7.67. The van der Waals surface area contributed by atoms with Crippen molar-refractivity contribution in [1.29, 1.82) is 0 Å². The lowest BCUT2D eigenvalue weighted by atomic mass is 10.2. The summed E-state index contributed by atoms with van der Waals surface area (Å²) in [6.45, 7) is 5.20. The molecule has 3 heterocycles. The minimum Gasteiger partial charge on any atom is -0.374 e. The predicted molar refractivity (Wildman–Crippen MR) is 86.0 cm³/mol. The first-order chi connectivity index (χ1) is 11.2. The average molecular weight is 315 g/mol. The standard InChI is InChI=1S/C16H21N5O2/c1-13-8-18-21(9-13)11-15-10-20(6-7-23-15)12-16(22)19-14-2-4-17-5-3-14/h2-5,8-9,15H,6-7,10-12H2,1H3,(H,17,19,22). The second kappa shape index (κ2) is 7.34. The normalized spacial score (nSPS) is 18.7. The van der Waals surface area contributed by atoms with Crippen LogP contribution < -0.4 is 5.32 Å². The monoisotopic (exact) mass is 315 g/mol. The predicted octanol–water partition coefficient (Wildman–Crippen LogP) is 0.926. The largest absolute Gasteiger partial charge is 0.374 e. The van der Waals surface area contributed by atoms with Gasteiger partial charge in [-0.15, -0.1) is 0 Å². The Bertz CT molecular complexity index is 643. The first kappa shape index (κ1) is 15.6. The number of ether oxygens (including phenoxy) is 1. The Balaban J connectivity index is 1.49. The van der Waals surface area contributed by atoms with E-state index >= 15 is 0 Å². The van der Waals surface area contributed by atoms with Crippen molar-refractivity contribution in [1.82, 2.24) is 19.7 Å². The number of hydrogen-bond acceptors (Lipinski definition) is 5. The number of anilines is 1. The third-order valence-corrected chi connectivity index (χ3v) is 3.71. The maximum atomic E-state index is 12.1. The molecule has 23 heavy (non-hydrogen) atoms. The van der Waals surface area contributed by atoms with Crippen LogP contribution in [-0.2, 0) is 16.1 Å². The molecule has 1 N–H and O–H groups in total. The molecule has 0 spiro atoms. The van der Waals surface area contributed by atoms with Crippen LogP contribution in [-0.4, -0.2) is 57.9 Å². The van der Waals surface area contributed by atoms with E-state index in [1.165, 1.54) is 0 Å². The van der Waals surface area contributed by atoms with Gasteiger partial charge in [0, 0.05) is 37.4 Å². The number of morpholine rings is 1. The molecular weight excluding hydrogens is 294 g/mol. The lowest BCUT2D eigenvalue weighted by Crippen LogP contribution is -2.47. The zero-order chi connectivity index (χ0) is 16.1. The molecule has 1 fully saturated rings. The number of pyridine rings is 1. The number of aromatic nitrogens is 3. The highest BCUT2D eigenvalue weighted by molar-refractivity contribution is 5.92. The molecule has 0 radical (unpaired) electrons. The second-order valence-corrected chi connectivity index (χ2v) is 5.75. The van der Waals surface area contributed by atoms with Gasteiger partial charge in [-0.3, -0.25) is 19.4 Å². The Morgan fingerprint density at radius 3 is 3.00 bits per heavy atom. The van der Waals surface area contributed by atoms with E-state index in [2.05, 4.69) is 20.3 Å². The number of carbonyl (C=O) groups is 1. The van der Waals surface area contributed by atoms with Gasteiger partial charge in [-0.2, -0.15) is 5.10 Å². The third-order valence-electron chi connectivity index (χ3n) is 3.71. The average Bonchev–Trinajstić information content (AvgIpc) is 2.93. The molecule has 0 aromatic carbocycles. The number of nitrogens with zero attached hydrogens (tertiary/aromatic N) is 4. The van der Waals surface area contributed by atoms with Crippen molar-refractivity contribution in [3.8, 4) is 0 Å². The van der Waals surface area contributed by atoms with E-state index in [0.717, 1.165) is 24.3 Å². The summed E-state index contributed by atoms with van der Waals surface area (Å²) in [7, 11) is 0. The zero-order valence-electron chi connectivity index (χ0n) is 13.2. The van der Waals surface area contributed by atoms with Gasteiger partial charge >= 0.3 is 0 Å². The highest BCUT2D eigenvalue weighted by Gasteiger charge is 2.22. The molecule has 1 unspecified atom stereocenters. The van der Waals surface area contributed by atoms with E-state index in [-0.39, 0.29) is 12.0 Å². The van der Waals surface area contributed by atoms with Crippen LogP contribution in [0.1, 0.15) is 5.56 Å². The van der Waals surface area contributed by atoms with Gasteiger partial charge in [-0.1, -0.05) is 0 Å². The Labute approximate surface area is 135 Å². The number of nitrogens with one attached hydrogen (secondary N) is 1. The number of aryl methyl sites for hydroxylation is 1. The molecule has 1 saturated heterocycles. The molecule has 0 aliphatic carbocycles. The topological polar surface area (TPSA) is 72.3 Å². The molecule has 0 saturated carbocycles. The highest BCUT2D eigenvalue weighted by atomic mass is 16.5. The molecule has 2 aromatic rings. The van der Waals surface area contributed by atoms with Crippen molar-refractivity contribution >= 4 is 11.6 Å². The van der Waals surface area contributed by atoms with E-state index in [0.29, 0.717) is 19.7 Å². The van der Waals surface area contributed by atoms with E-state index in [4.69, 9.17) is 4.74 Å². The summed E-state index contributed by atoms with van der Waals surface area (Å²) >= 11 is 0. The van der Waals surface area contributed by atoms with Gasteiger partial charge < -0.3 is 10.1 Å². The van der Waals surface area contributed by atoms with E-state index < -0.39 is 0 Å². The smallest absolute Gasteiger partial charge is 0.238 e. The molecule has 122 valence electrons. The van der Waals surface area contributed by atoms with Gasteiger partial charge in [-0.25, -0.2) is 0 Å². The lowest BCUT2D eigenvalue weighted by molar-refractivity contribution is -0.119. The Hall–Kier alpha value is -2.25. The first-order valence-corrected chi connectivity index (χ1v) is 7.72. The molecule has 2 aromatic heterocycles. The number of hydrogen-bond donors (Lipinski definition) is 1. The van der Waals surface area contributed by atoms with Crippen LogP contribution in [0.2, 0.25) is 0 Å². The Morgan fingerprint density at radius 2 is 2.26 bits per heavy atom. The zero-order valence-corrected chi connectivity index (χ0v) is 13.2. The molecule has 1 atom stereocenters. The van der Waals surface area contributed by atoms with Crippen LogP contribution >= 0.6 is 0 Å². The van der Waals surface area contributed by atoms with Crippen LogP contribution in [0.5, 0.6) is 0 Å². The van der Waals surface area contributed by atoms with Gasteiger partial charge in [0.25, 0.3) is 0 Å². The summed E-state index contributed by atoms with van der Waals surface area (Å²) in [5.74, 6) is -0.0215. The minimum absolute atomic E-state index is 0.0215. The van der Waals surface area contributed by atoms with Crippen molar-refractivity contribution in [3.63, 3.8) is 0 Å². The summed E-state index contributed by atoms with van der Waals surface area (Å²) in [5, 5.41) is 7.16. The number of amides is 1. The molecule has 1 aliphatic heterocycles. The van der Waals surface area contributed by atoms with Gasteiger partial charge in [0.15, 0.2) is 0 Å². The summed E-state index contributed by atoms with van der Waals surface area (Å²) in [6, 6.07) is 3.56. The summed E-state index contributed by atoms with van der Waals surface area (Å²) in [5.41, 5.74) is 1.90. The van der Waals surface area contributed by atoms with Crippen LogP contribution in [0.4, 0.5) is 5.69 Å². The quantitative estimate of drug-likeness (QED) is 0.888. The Morgan fingerprint density at radius 1 is 1.43 bits per heavy atom. The lowest BCUT2D eigenvalue weighted by Gasteiger charge is -2.32. The van der Waals surface area contributed by atoms with Crippen LogP contribution in [0.3, 0.4) is 0 Å². The minimum atomic E-state index is -0.0215. The summed E-state index contributed by atoms with van der Waals surface area (Å²) in [6.07, 6.45) is 7.21. The molecule has 1 amide bonds. The van der Waals surface area contributed by atoms with Crippen LogP contribution in [0.15, 0.2) is 36.9 Å². The highest BCUT2D eigenvalue weighted by Crippen LogP contribution is 2.09. The molecule has 3 rings (SSSR count). The maximum absolute atomic E-state index is 12.1. The van der Waals surface area contributed by atoms with Crippen molar-refractivity contribution in [2.45, 2.75) is 19.6 Å². The first-order valence-electron chi connectivity index (χ1n) is 7.72. The molecular formula is C16H21N5O2. The van der Waals surface area contributed by atoms with E-state index in [9.17, 15) is 4.79 Å². The van der Waals surface area contributed by atoms with Gasteiger partial charge in [0.1, 0.15) is 0 Å². The molecule has 0 bridgehead atoms. The molecule has 1 aliphatic rings. The van der Waals surface area contributed by atoms with Gasteiger partial charge in [0.2, 0.25) is 5.91 Å². The van der Waals surface area contributed by atoms with Crippen molar-refractivity contribution in [2.75, 3.05) is 31.6 Å². The fraction of sp³-hybridized carbons (Fsp3) is 0.438. The fourth-order valence-electron chi connectivity index (χ4n) is 2.65. The molecule has 7 heteroatoms. The van der Waals surface area contributed by atoms with E-state index in [1.54, 1.807) is 24.5 Å². The summed E-state index contributed by atoms with van der Waals surface area (Å²) in [4.78, 5) is 18.2. The van der Waals surface area contributed by atoms with Crippen LogP contribution in [0, 0.1) is 6.92 Å². The number of carbonyl (C=O) groups excluding carboxylic acids is 1. The van der Waals surface area contributed by atoms with Gasteiger partial charge in [0.05, 0.1) is 32.0 Å². The van der Waals surface area contributed by atoms with E-state index in [1.807, 2.05) is 24.0 Å². The van der Waals surface area contributed by atoms with Crippen LogP contribution in [0.25, 0.3) is 0 Å². The SMILES string of the molecule is Cc1cnn(CC2CN(CC(=O)Nc3ccncc3)CCO2)c1. The Kier molecular flexibility index (Phi) is 4.99. The fourth-order valence-corrected chi connectivity index (χ4v) is 2.65. The van der Waals surface area contributed by atoms with Gasteiger partial charge in [-0.05, 0) is 24.6 Å². The van der Waals surface area contributed by atoms with Crippen molar-refractivity contribution in [2.24, 2.45) is 0 Å². The second-order valence-electron chi connectivity index (χ2n) is 5.75. The van der Waals surface area contributed by atoms with Crippen molar-refractivity contribution < 1.29 is 9.53 Å². The molecule has 7 nitrogen and oxygen atoms in total. The maximum Gasteiger partial charge on any atom is 0.238 e.